The average Bonchev–Trinajstić information content (AvgIpc) is 3.38. The predicted octanol–water partition coefficient (Wildman–Crippen LogP) is 10.2. The van der Waals surface area contributed by atoms with Crippen molar-refractivity contribution in [2.75, 3.05) is 44.4 Å². The van der Waals surface area contributed by atoms with Crippen molar-refractivity contribution in [1.82, 2.24) is 15.0 Å². The van der Waals surface area contributed by atoms with Crippen LogP contribution in [-0.4, -0.2) is 66.2 Å². The van der Waals surface area contributed by atoms with Gasteiger partial charge in [0.15, 0.2) is 0 Å². The Labute approximate surface area is 421 Å². The topological polar surface area (TPSA) is 261 Å². The fourth-order valence-electron chi connectivity index (χ4n) is 7.91. The van der Waals surface area contributed by atoms with E-state index in [0.717, 1.165) is 66.7 Å². The second-order valence-electron chi connectivity index (χ2n) is 16.8. The number of carbonyl (C=O) groups excluding carboxylic acids is 3. The number of aromatic nitrogens is 3. The van der Waals surface area contributed by atoms with Crippen LogP contribution < -0.4 is 52.1 Å². The standard InChI is InChI=1S/C19H19N3O3.C19H19N3O2.C18H17N3O3/c1-11-8-12(24-2)4-6-16(11)22-18-14-9-13(25-3)5-7-17(14)21-10-15(18)19(20)23;1-11-4-6-16(12(2)8-11)22-18-14-9-13(24-3)5-7-17(14)21-10-15(18)19(20)23;1-10-7-11(22)3-5-15(10)21-17-13-8-12(24-2)4-6-16(13)20-9-14(17)18(19)23/h4-10H,1-3H3,(H2,20,23)(H,21,22);4-10H,1-3H3,(H2,20,23)(H,21,22);3-9,22H,1-2H3,(H2,19,23)(H,20,21). The lowest BCUT2D eigenvalue weighted by Gasteiger charge is -2.16. The van der Waals surface area contributed by atoms with Crippen LogP contribution >= 0.6 is 0 Å². The van der Waals surface area contributed by atoms with Gasteiger partial charge in [0.1, 0.15) is 28.7 Å². The van der Waals surface area contributed by atoms with E-state index in [0.29, 0.717) is 51.0 Å². The van der Waals surface area contributed by atoms with E-state index in [1.54, 1.807) is 58.8 Å². The Morgan fingerprint density at radius 1 is 0.425 bits per heavy atom. The number of aryl methyl sites for hydroxylation is 4. The molecule has 17 heteroatoms. The number of pyridine rings is 3. The summed E-state index contributed by atoms with van der Waals surface area (Å²) in [7, 11) is 6.39. The number of anilines is 6. The maximum absolute atomic E-state index is 11.9. The normalized spacial score (nSPS) is 10.6. The number of phenolic OH excluding ortho intramolecular Hbond substituents is 1. The first-order valence-electron chi connectivity index (χ1n) is 22.6. The number of primary amides is 3. The average molecular weight is 982 g/mol. The summed E-state index contributed by atoms with van der Waals surface area (Å²) in [6.45, 7) is 7.87. The first kappa shape index (κ1) is 51.2. The highest BCUT2D eigenvalue weighted by Crippen LogP contribution is 2.36. The van der Waals surface area contributed by atoms with Crippen molar-refractivity contribution in [1.29, 1.82) is 0 Å². The molecule has 0 unspecified atom stereocenters. The molecular weight excluding hydrogens is 927 g/mol. The van der Waals surface area contributed by atoms with Crippen molar-refractivity contribution in [3.05, 3.63) is 167 Å². The first-order valence-corrected chi connectivity index (χ1v) is 22.6. The van der Waals surface area contributed by atoms with Crippen LogP contribution in [0.3, 0.4) is 0 Å². The summed E-state index contributed by atoms with van der Waals surface area (Å²) in [6, 6.07) is 33.1. The molecule has 3 amide bonds. The zero-order valence-corrected chi connectivity index (χ0v) is 41.5. The fourth-order valence-corrected chi connectivity index (χ4v) is 7.91. The number of nitrogens with zero attached hydrogens (tertiary/aromatic N) is 3. The molecule has 0 aliphatic carbocycles. The number of nitrogens with two attached hydrogens (primary N) is 3. The van der Waals surface area contributed by atoms with Gasteiger partial charge in [-0.3, -0.25) is 29.3 Å². The molecule has 9 rings (SSSR count). The first-order chi connectivity index (χ1) is 35.0. The van der Waals surface area contributed by atoms with Gasteiger partial charge in [0.25, 0.3) is 17.7 Å². The van der Waals surface area contributed by atoms with E-state index in [1.807, 2.05) is 100 Å². The van der Waals surface area contributed by atoms with Gasteiger partial charge in [0, 0.05) is 51.8 Å². The highest BCUT2D eigenvalue weighted by Gasteiger charge is 2.18. The van der Waals surface area contributed by atoms with Crippen LogP contribution in [0.2, 0.25) is 0 Å². The van der Waals surface area contributed by atoms with E-state index < -0.39 is 17.7 Å². The molecule has 10 N–H and O–H groups in total. The van der Waals surface area contributed by atoms with Gasteiger partial charge < -0.3 is 57.2 Å². The summed E-state index contributed by atoms with van der Waals surface area (Å²) >= 11 is 0. The van der Waals surface area contributed by atoms with Crippen molar-refractivity contribution in [2.45, 2.75) is 27.7 Å². The monoisotopic (exact) mass is 981 g/mol. The van der Waals surface area contributed by atoms with E-state index in [9.17, 15) is 19.5 Å². The minimum Gasteiger partial charge on any atom is -0.508 e. The number of hydrogen-bond donors (Lipinski definition) is 7. The van der Waals surface area contributed by atoms with Gasteiger partial charge in [-0.2, -0.15) is 0 Å². The van der Waals surface area contributed by atoms with Crippen LogP contribution in [0.25, 0.3) is 32.7 Å². The lowest BCUT2D eigenvalue weighted by atomic mass is 10.1. The van der Waals surface area contributed by atoms with Gasteiger partial charge in [-0.05, 0) is 141 Å². The number of nitrogens with one attached hydrogen (secondary N) is 3. The maximum Gasteiger partial charge on any atom is 0.252 e. The van der Waals surface area contributed by atoms with Crippen molar-refractivity contribution in [3.63, 3.8) is 0 Å². The van der Waals surface area contributed by atoms with E-state index in [-0.39, 0.29) is 11.3 Å². The Morgan fingerprint density at radius 2 is 0.740 bits per heavy atom. The highest BCUT2D eigenvalue weighted by atomic mass is 16.5. The number of methoxy groups -OCH3 is 4. The summed E-state index contributed by atoms with van der Waals surface area (Å²) in [5.74, 6) is 1.29. The second-order valence-corrected chi connectivity index (χ2v) is 16.8. The number of phenols is 1. The molecule has 0 saturated carbocycles. The van der Waals surface area contributed by atoms with E-state index >= 15 is 0 Å². The van der Waals surface area contributed by atoms with E-state index in [2.05, 4.69) is 37.0 Å². The molecule has 0 aliphatic heterocycles. The van der Waals surface area contributed by atoms with Crippen molar-refractivity contribution >= 4 is 84.6 Å². The quantitative estimate of drug-likeness (QED) is 0.0530. The lowest BCUT2D eigenvalue weighted by Crippen LogP contribution is -2.14. The van der Waals surface area contributed by atoms with Gasteiger partial charge in [-0.15, -0.1) is 0 Å². The summed E-state index contributed by atoms with van der Waals surface area (Å²) in [4.78, 5) is 48.5. The molecule has 3 heterocycles. The van der Waals surface area contributed by atoms with Crippen molar-refractivity contribution in [3.8, 4) is 28.7 Å². The lowest BCUT2D eigenvalue weighted by molar-refractivity contribution is 0.0992. The minimum atomic E-state index is -0.578. The molecule has 0 aliphatic rings. The van der Waals surface area contributed by atoms with E-state index in [1.165, 1.54) is 24.2 Å². The van der Waals surface area contributed by atoms with Crippen LogP contribution in [0.1, 0.15) is 53.3 Å². The molecule has 73 heavy (non-hydrogen) atoms. The number of fused-ring (bicyclic) bond motifs is 3. The number of ether oxygens (including phenoxy) is 4. The van der Waals surface area contributed by atoms with Crippen molar-refractivity contribution in [2.24, 2.45) is 17.2 Å². The number of benzene rings is 6. The minimum absolute atomic E-state index is 0.175. The Balaban J connectivity index is 0.000000160. The molecule has 0 atom stereocenters. The molecule has 9 aromatic rings. The van der Waals surface area contributed by atoms with Crippen molar-refractivity contribution < 1.29 is 38.4 Å². The summed E-state index contributed by atoms with van der Waals surface area (Å²) in [5, 5.41) is 21.7. The molecule has 372 valence electrons. The fraction of sp³-hybridized carbons (Fsp3) is 0.143. The van der Waals surface area contributed by atoms with Crippen LogP contribution in [0.4, 0.5) is 34.1 Å². The number of carbonyl (C=O) groups is 3. The Kier molecular flexibility index (Phi) is 15.7. The number of hydrogen-bond acceptors (Lipinski definition) is 14. The van der Waals surface area contributed by atoms with E-state index in [4.69, 9.17) is 36.1 Å². The summed E-state index contributed by atoms with van der Waals surface area (Å²) in [5.41, 5.74) is 28.1. The third-order valence-electron chi connectivity index (χ3n) is 11.8. The zero-order chi connectivity index (χ0) is 52.5. The molecule has 0 fully saturated rings. The number of aromatic hydroxyl groups is 1. The molecule has 3 aromatic heterocycles. The Hall–Kier alpha value is -9.64. The van der Waals surface area contributed by atoms with Crippen LogP contribution in [0, 0.1) is 27.7 Å². The Bertz CT molecular complexity index is 3410. The third kappa shape index (κ3) is 11.7. The molecular formula is C56H55N9O8. The number of amides is 3. The molecule has 17 nitrogen and oxygen atoms in total. The molecule has 0 bridgehead atoms. The molecule has 0 saturated heterocycles. The van der Waals surface area contributed by atoms with Crippen LogP contribution in [0.15, 0.2) is 128 Å². The summed E-state index contributed by atoms with van der Waals surface area (Å²) in [6.07, 6.45) is 4.44. The number of rotatable bonds is 13. The van der Waals surface area contributed by atoms with Gasteiger partial charge in [0.2, 0.25) is 0 Å². The maximum atomic E-state index is 11.9. The molecule has 6 aromatic carbocycles. The third-order valence-corrected chi connectivity index (χ3v) is 11.8. The second kappa shape index (κ2) is 22.4. The zero-order valence-electron chi connectivity index (χ0n) is 41.5. The summed E-state index contributed by atoms with van der Waals surface area (Å²) < 4.78 is 21.1. The molecule has 0 radical (unpaired) electrons. The Morgan fingerprint density at radius 3 is 1.07 bits per heavy atom. The van der Waals surface area contributed by atoms with Crippen LogP contribution in [-0.2, 0) is 0 Å². The van der Waals surface area contributed by atoms with Gasteiger partial charge in [-0.1, -0.05) is 17.7 Å². The molecule has 0 spiro atoms. The highest BCUT2D eigenvalue weighted by molar-refractivity contribution is 6.10. The van der Waals surface area contributed by atoms with Gasteiger partial charge >= 0.3 is 0 Å². The predicted molar refractivity (Wildman–Crippen MR) is 287 cm³/mol. The van der Waals surface area contributed by atoms with Gasteiger partial charge in [0.05, 0.1) is 78.7 Å². The SMILES string of the molecule is COc1ccc(Nc2c(C(N)=O)cnc3ccc(OC)cc23)c(C)c1.COc1ccc2ncc(C(N)=O)c(Nc3ccc(C)cc3C)c2c1.COc1ccc2ncc(C(N)=O)c(Nc3ccc(O)cc3C)c2c1. The largest absolute Gasteiger partial charge is 0.508 e. The van der Waals surface area contributed by atoms with Gasteiger partial charge in [-0.25, -0.2) is 0 Å². The smallest absolute Gasteiger partial charge is 0.252 e. The van der Waals surface area contributed by atoms with Crippen LogP contribution in [0.5, 0.6) is 28.7 Å².